The Bertz CT molecular complexity index is 112. The molecule has 3 nitrogen and oxygen atoms in total. The summed E-state index contributed by atoms with van der Waals surface area (Å²) in [6.45, 7) is 4.02. The van der Waals surface area contributed by atoms with Crippen LogP contribution in [0.4, 0.5) is 0 Å². The van der Waals surface area contributed by atoms with Crippen LogP contribution in [0, 0.1) is 5.92 Å². The van der Waals surface area contributed by atoms with Crippen LogP contribution in [0.15, 0.2) is 0 Å². The van der Waals surface area contributed by atoms with E-state index < -0.39 is 0 Å². The van der Waals surface area contributed by atoms with Gasteiger partial charge in [-0.2, -0.15) is 0 Å². The molecule has 0 aromatic rings. The minimum Gasteiger partial charge on any atom is -0.358 e. The molecule has 0 rings (SSSR count). The number of carbonyl (C=O) groups excluding carboxylic acids is 1. The number of rotatable bonds is 3. The second-order valence-electron chi connectivity index (χ2n) is 2.62. The van der Waals surface area contributed by atoms with Crippen molar-refractivity contribution in [2.75, 3.05) is 14.1 Å². The molecule has 0 aliphatic carbocycles. The highest BCUT2D eigenvalue weighted by molar-refractivity contribution is 5.81. The molecule has 0 unspecified atom stereocenters. The molecule has 0 spiro atoms. The zero-order chi connectivity index (χ0) is 8.15. The van der Waals surface area contributed by atoms with E-state index in [9.17, 15) is 4.79 Å². The third-order valence-corrected chi connectivity index (χ3v) is 1.51. The summed E-state index contributed by atoms with van der Waals surface area (Å²) in [6, 6.07) is -0.0648. The zero-order valence-corrected chi connectivity index (χ0v) is 7.06. The summed E-state index contributed by atoms with van der Waals surface area (Å²) in [7, 11) is 3.44. The number of nitrogens with one attached hydrogen (secondary N) is 2. The summed E-state index contributed by atoms with van der Waals surface area (Å²) in [5.41, 5.74) is 0. The van der Waals surface area contributed by atoms with Crippen LogP contribution in [0.25, 0.3) is 0 Å². The fraction of sp³-hybridized carbons (Fsp3) is 0.857. The molecule has 3 heteroatoms. The predicted molar refractivity (Wildman–Crippen MR) is 41.8 cm³/mol. The van der Waals surface area contributed by atoms with Gasteiger partial charge >= 0.3 is 0 Å². The molecule has 0 saturated heterocycles. The maximum Gasteiger partial charge on any atom is 0.237 e. The molecule has 0 aliphatic rings. The van der Waals surface area contributed by atoms with Gasteiger partial charge in [0.1, 0.15) is 0 Å². The average molecular weight is 144 g/mol. The highest BCUT2D eigenvalue weighted by Crippen LogP contribution is 1.99. The average Bonchev–Trinajstić information content (AvgIpc) is 1.88. The predicted octanol–water partition coefficient (Wildman–Crippen LogP) is -0.0236. The molecule has 0 aliphatic heterocycles. The first-order valence-corrected chi connectivity index (χ1v) is 3.52. The number of hydrogen-bond acceptors (Lipinski definition) is 2. The minimum atomic E-state index is -0.0648. The lowest BCUT2D eigenvalue weighted by molar-refractivity contribution is -0.123. The van der Waals surface area contributed by atoms with Crippen molar-refractivity contribution in [2.24, 2.45) is 5.92 Å². The van der Waals surface area contributed by atoms with Gasteiger partial charge in [0.2, 0.25) is 5.91 Å². The smallest absolute Gasteiger partial charge is 0.237 e. The van der Waals surface area contributed by atoms with E-state index in [1.54, 1.807) is 14.1 Å². The maximum absolute atomic E-state index is 11.0. The molecular formula is C7H16N2O. The van der Waals surface area contributed by atoms with E-state index in [2.05, 4.69) is 10.6 Å². The van der Waals surface area contributed by atoms with Crippen molar-refractivity contribution >= 4 is 5.91 Å². The van der Waals surface area contributed by atoms with Crippen molar-refractivity contribution < 1.29 is 4.79 Å². The van der Waals surface area contributed by atoms with Gasteiger partial charge in [-0.3, -0.25) is 4.79 Å². The van der Waals surface area contributed by atoms with Gasteiger partial charge in [0.05, 0.1) is 6.04 Å². The number of likely N-dealkylation sites (N-methyl/N-ethyl adjacent to an activating group) is 2. The van der Waals surface area contributed by atoms with Gasteiger partial charge < -0.3 is 10.6 Å². The van der Waals surface area contributed by atoms with E-state index in [4.69, 9.17) is 0 Å². The van der Waals surface area contributed by atoms with Crippen molar-refractivity contribution in [1.29, 1.82) is 0 Å². The monoisotopic (exact) mass is 144 g/mol. The molecule has 0 fully saturated rings. The molecule has 0 radical (unpaired) electrons. The van der Waals surface area contributed by atoms with Gasteiger partial charge in [-0.1, -0.05) is 13.8 Å². The van der Waals surface area contributed by atoms with E-state index in [1.807, 2.05) is 13.8 Å². The minimum absolute atomic E-state index is 0.0532. The van der Waals surface area contributed by atoms with Crippen LogP contribution < -0.4 is 10.6 Å². The standard InChI is InChI=1S/C7H16N2O/c1-5(2)6(8-3)7(10)9-4/h5-6,8H,1-4H3,(H,9,10)/t6-/m0/s1. The molecule has 60 valence electrons. The Morgan fingerprint density at radius 3 is 1.90 bits per heavy atom. The molecule has 0 aromatic heterocycles. The molecule has 10 heavy (non-hydrogen) atoms. The Hall–Kier alpha value is -0.570. The molecule has 1 amide bonds. The maximum atomic E-state index is 11.0. The molecule has 0 heterocycles. The van der Waals surface area contributed by atoms with Crippen LogP contribution in [0.5, 0.6) is 0 Å². The largest absolute Gasteiger partial charge is 0.358 e. The SMILES string of the molecule is CNC(=O)[C@@H](NC)C(C)C. The Labute approximate surface area is 62.2 Å². The first kappa shape index (κ1) is 9.43. The fourth-order valence-electron chi connectivity index (χ4n) is 0.923. The van der Waals surface area contributed by atoms with Gasteiger partial charge in [0.25, 0.3) is 0 Å². The third kappa shape index (κ3) is 2.35. The molecule has 2 N–H and O–H groups in total. The van der Waals surface area contributed by atoms with Crippen molar-refractivity contribution in [3.63, 3.8) is 0 Å². The first-order chi connectivity index (χ1) is 4.63. The Morgan fingerprint density at radius 2 is 1.80 bits per heavy atom. The quantitative estimate of drug-likeness (QED) is 0.584. The zero-order valence-electron chi connectivity index (χ0n) is 7.06. The van der Waals surface area contributed by atoms with Gasteiger partial charge in [0, 0.05) is 7.05 Å². The second-order valence-corrected chi connectivity index (χ2v) is 2.62. The van der Waals surface area contributed by atoms with E-state index in [0.717, 1.165) is 0 Å². The fourth-order valence-corrected chi connectivity index (χ4v) is 0.923. The lowest BCUT2D eigenvalue weighted by Gasteiger charge is -2.17. The van der Waals surface area contributed by atoms with E-state index in [0.29, 0.717) is 5.92 Å². The lowest BCUT2D eigenvalue weighted by Crippen LogP contribution is -2.44. The van der Waals surface area contributed by atoms with Gasteiger partial charge in [0.15, 0.2) is 0 Å². The van der Waals surface area contributed by atoms with Crippen LogP contribution in [0.2, 0.25) is 0 Å². The second kappa shape index (κ2) is 4.28. The highest BCUT2D eigenvalue weighted by Gasteiger charge is 2.17. The highest BCUT2D eigenvalue weighted by atomic mass is 16.2. The van der Waals surface area contributed by atoms with Gasteiger partial charge in [-0.05, 0) is 13.0 Å². The van der Waals surface area contributed by atoms with Crippen LogP contribution in [0.1, 0.15) is 13.8 Å². The third-order valence-electron chi connectivity index (χ3n) is 1.51. The molecule has 1 atom stereocenters. The first-order valence-electron chi connectivity index (χ1n) is 3.52. The number of hydrogen-bond donors (Lipinski definition) is 2. The Morgan fingerprint density at radius 1 is 1.30 bits per heavy atom. The lowest BCUT2D eigenvalue weighted by atomic mass is 10.0. The molecule has 0 bridgehead atoms. The molecule has 0 aromatic carbocycles. The van der Waals surface area contributed by atoms with Crippen molar-refractivity contribution in [3.8, 4) is 0 Å². The summed E-state index contributed by atoms with van der Waals surface area (Å²) in [5, 5.41) is 5.54. The van der Waals surface area contributed by atoms with Crippen molar-refractivity contribution in [1.82, 2.24) is 10.6 Å². The van der Waals surface area contributed by atoms with Crippen LogP contribution in [-0.4, -0.2) is 26.0 Å². The van der Waals surface area contributed by atoms with Crippen LogP contribution >= 0.6 is 0 Å². The van der Waals surface area contributed by atoms with E-state index in [-0.39, 0.29) is 11.9 Å². The molecular weight excluding hydrogens is 128 g/mol. The van der Waals surface area contributed by atoms with E-state index in [1.165, 1.54) is 0 Å². The number of amides is 1. The summed E-state index contributed by atoms with van der Waals surface area (Å²) in [6.07, 6.45) is 0. The van der Waals surface area contributed by atoms with E-state index >= 15 is 0 Å². The van der Waals surface area contributed by atoms with Gasteiger partial charge in [-0.25, -0.2) is 0 Å². The Balaban J connectivity index is 3.93. The topological polar surface area (TPSA) is 41.1 Å². The van der Waals surface area contributed by atoms with Crippen molar-refractivity contribution in [3.05, 3.63) is 0 Å². The summed E-state index contributed by atoms with van der Waals surface area (Å²) in [4.78, 5) is 11.0. The van der Waals surface area contributed by atoms with Crippen LogP contribution in [-0.2, 0) is 4.79 Å². The normalized spacial score (nSPS) is 13.3. The van der Waals surface area contributed by atoms with Crippen molar-refractivity contribution in [2.45, 2.75) is 19.9 Å². The van der Waals surface area contributed by atoms with Crippen LogP contribution in [0.3, 0.4) is 0 Å². The number of carbonyl (C=O) groups is 1. The summed E-state index contributed by atoms with van der Waals surface area (Å²) in [5.74, 6) is 0.391. The summed E-state index contributed by atoms with van der Waals surface area (Å²) < 4.78 is 0. The molecule has 0 saturated carbocycles. The summed E-state index contributed by atoms with van der Waals surface area (Å²) >= 11 is 0. The van der Waals surface area contributed by atoms with Gasteiger partial charge in [-0.15, -0.1) is 0 Å². The Kier molecular flexibility index (Phi) is 4.03.